The number of rotatable bonds is 6. The number of hydrogen-bond donors (Lipinski definition) is 1. The van der Waals surface area contributed by atoms with Crippen LogP contribution in [0, 0.1) is 0 Å². The fourth-order valence-electron chi connectivity index (χ4n) is 4.45. The summed E-state index contributed by atoms with van der Waals surface area (Å²) in [5.74, 6) is -0.369. The molecule has 1 aromatic carbocycles. The van der Waals surface area contributed by atoms with Gasteiger partial charge in [0.1, 0.15) is 5.60 Å². The summed E-state index contributed by atoms with van der Waals surface area (Å²) in [5.41, 5.74) is 0.0566. The first-order valence-corrected chi connectivity index (χ1v) is 12.0. The molecule has 0 bridgehead atoms. The summed E-state index contributed by atoms with van der Waals surface area (Å²) in [6, 6.07) is 5.45. The first-order valence-electron chi connectivity index (χ1n) is 12.0. The van der Waals surface area contributed by atoms with Crippen LogP contribution in [0.4, 0.5) is 16.2 Å². The molecule has 0 radical (unpaired) electrons. The molecule has 0 atom stereocenters. The zero-order chi connectivity index (χ0) is 24.9. The molecule has 0 spiro atoms. The van der Waals surface area contributed by atoms with Crippen molar-refractivity contribution in [3.63, 3.8) is 0 Å². The highest BCUT2D eigenvalue weighted by Crippen LogP contribution is 2.38. The third-order valence-electron chi connectivity index (χ3n) is 6.17. The Morgan fingerprint density at radius 2 is 1.82 bits per heavy atom. The molecule has 1 aliphatic carbocycles. The number of benzene rings is 1. The third-order valence-corrected chi connectivity index (χ3v) is 6.17. The van der Waals surface area contributed by atoms with E-state index in [1.165, 1.54) is 0 Å². The Morgan fingerprint density at radius 1 is 1.12 bits per heavy atom. The zero-order valence-corrected chi connectivity index (χ0v) is 20.9. The summed E-state index contributed by atoms with van der Waals surface area (Å²) < 4.78 is 16.4. The van der Waals surface area contributed by atoms with Crippen LogP contribution in [0.15, 0.2) is 18.2 Å². The van der Waals surface area contributed by atoms with Crippen LogP contribution >= 0.6 is 0 Å². The lowest BCUT2D eigenvalue weighted by molar-refractivity contribution is -0.134. The molecule has 1 aliphatic heterocycles. The zero-order valence-electron chi connectivity index (χ0n) is 20.9. The maximum absolute atomic E-state index is 13.2. The van der Waals surface area contributed by atoms with Gasteiger partial charge in [0.2, 0.25) is 5.91 Å². The molecule has 9 heteroatoms. The van der Waals surface area contributed by atoms with E-state index >= 15 is 0 Å². The fourth-order valence-corrected chi connectivity index (χ4v) is 4.45. The van der Waals surface area contributed by atoms with Crippen molar-refractivity contribution < 1.29 is 28.6 Å². The molecule has 2 aliphatic rings. The minimum atomic E-state index is -0.684. The first-order chi connectivity index (χ1) is 16.1. The molecule has 1 aromatic rings. The lowest BCUT2D eigenvalue weighted by Crippen LogP contribution is -2.54. The molecular weight excluding hydrogens is 438 g/mol. The summed E-state index contributed by atoms with van der Waals surface area (Å²) in [7, 11) is 1.75. The van der Waals surface area contributed by atoms with Gasteiger partial charge >= 0.3 is 12.1 Å². The van der Waals surface area contributed by atoms with E-state index in [1.807, 2.05) is 0 Å². The number of nitrogens with one attached hydrogen (secondary N) is 1. The minimum absolute atomic E-state index is 0.0664. The Labute approximate surface area is 201 Å². The van der Waals surface area contributed by atoms with Gasteiger partial charge in [-0.3, -0.25) is 19.8 Å². The van der Waals surface area contributed by atoms with Crippen molar-refractivity contribution in [1.82, 2.24) is 4.90 Å². The highest BCUT2D eigenvalue weighted by atomic mass is 16.6. The predicted octanol–water partition coefficient (Wildman–Crippen LogP) is 3.96. The van der Waals surface area contributed by atoms with Gasteiger partial charge < -0.3 is 19.1 Å². The number of nitrogens with zero attached hydrogens (tertiary/aromatic N) is 2. The molecular formula is C25H37N3O6. The Balaban J connectivity index is 1.78. The number of methoxy groups -OCH3 is 1. The first kappa shape index (κ1) is 26.0. The monoisotopic (exact) mass is 475 g/mol. The van der Waals surface area contributed by atoms with Crippen LogP contribution in [0.5, 0.6) is 5.75 Å². The topological polar surface area (TPSA) is 97.4 Å². The minimum Gasteiger partial charge on any atom is -0.444 e. The number of amides is 2. The van der Waals surface area contributed by atoms with Crippen molar-refractivity contribution in [2.45, 2.75) is 77.5 Å². The van der Waals surface area contributed by atoms with Crippen LogP contribution in [0.2, 0.25) is 0 Å². The number of ether oxygens (including phenoxy) is 3. The number of para-hydroxylation sites is 1. The van der Waals surface area contributed by atoms with Crippen LogP contribution in [0.3, 0.4) is 0 Å². The molecule has 1 saturated heterocycles. The number of carbonyl (C=O) groups excluding carboxylic acids is 3. The third kappa shape index (κ3) is 6.70. The number of anilines is 2. The second kappa shape index (κ2) is 11.2. The number of carbonyl (C=O) groups is 3. The number of hydrogen-bond acceptors (Lipinski definition) is 7. The van der Waals surface area contributed by atoms with Crippen molar-refractivity contribution >= 4 is 29.3 Å². The van der Waals surface area contributed by atoms with Crippen molar-refractivity contribution in [3.05, 3.63) is 18.2 Å². The van der Waals surface area contributed by atoms with Crippen LogP contribution in [0.25, 0.3) is 0 Å². The summed E-state index contributed by atoms with van der Waals surface area (Å²) in [4.78, 5) is 41.6. The van der Waals surface area contributed by atoms with E-state index in [0.29, 0.717) is 30.9 Å². The molecule has 34 heavy (non-hydrogen) atoms. The second-order valence-corrected chi connectivity index (χ2v) is 9.79. The Kier molecular flexibility index (Phi) is 8.54. The molecule has 3 rings (SSSR count). The Hall–Kier alpha value is -2.65. The van der Waals surface area contributed by atoms with E-state index in [4.69, 9.17) is 14.2 Å². The molecule has 0 aromatic heterocycles. The predicted molar refractivity (Wildman–Crippen MR) is 129 cm³/mol. The van der Waals surface area contributed by atoms with Crippen molar-refractivity contribution in [2.24, 2.45) is 0 Å². The van der Waals surface area contributed by atoms with E-state index in [9.17, 15) is 14.4 Å². The van der Waals surface area contributed by atoms with E-state index in [-0.39, 0.29) is 23.8 Å². The molecule has 1 heterocycles. The SMILES string of the molecule is CCC(=O)Oc1c(NC(=O)OC(C)(C)C)cccc1N1CCN(C2CCC(OC)CC2)CC1=O. The maximum Gasteiger partial charge on any atom is 0.412 e. The van der Waals surface area contributed by atoms with E-state index in [0.717, 1.165) is 32.2 Å². The highest BCUT2D eigenvalue weighted by Gasteiger charge is 2.34. The van der Waals surface area contributed by atoms with Gasteiger partial charge in [-0.25, -0.2) is 4.79 Å². The highest BCUT2D eigenvalue weighted by molar-refractivity contribution is 6.00. The average Bonchev–Trinajstić information content (AvgIpc) is 2.79. The van der Waals surface area contributed by atoms with Gasteiger partial charge in [-0.1, -0.05) is 13.0 Å². The molecule has 9 nitrogen and oxygen atoms in total. The standard InChI is InChI=1S/C25H37N3O6/c1-6-22(30)33-23-19(26-24(31)34-25(2,3)4)8-7-9-20(23)28-15-14-27(16-21(28)29)17-10-12-18(32-5)13-11-17/h7-9,17-18H,6,10-16H2,1-5H3,(H,26,31). The van der Waals surface area contributed by atoms with Gasteiger partial charge in [-0.15, -0.1) is 0 Å². The Bertz CT molecular complexity index is 889. The Morgan fingerprint density at radius 3 is 2.41 bits per heavy atom. The van der Waals surface area contributed by atoms with Gasteiger partial charge in [0, 0.05) is 32.7 Å². The average molecular weight is 476 g/mol. The largest absolute Gasteiger partial charge is 0.444 e. The molecule has 2 amide bonds. The fraction of sp³-hybridized carbons (Fsp3) is 0.640. The number of piperazine rings is 1. The van der Waals surface area contributed by atoms with Crippen molar-refractivity contribution in [2.75, 3.05) is 37.0 Å². The second-order valence-electron chi connectivity index (χ2n) is 9.79. The quantitative estimate of drug-likeness (QED) is 0.491. The molecule has 188 valence electrons. The summed E-state index contributed by atoms with van der Waals surface area (Å²) in [6.45, 7) is 8.47. The summed E-state index contributed by atoms with van der Waals surface area (Å²) >= 11 is 0. The lowest BCUT2D eigenvalue weighted by atomic mass is 9.91. The van der Waals surface area contributed by atoms with Crippen LogP contribution < -0.4 is 15.0 Å². The van der Waals surface area contributed by atoms with Crippen LogP contribution in [0.1, 0.15) is 59.8 Å². The lowest BCUT2D eigenvalue weighted by Gasteiger charge is -2.41. The normalized spacial score (nSPS) is 21.8. The van der Waals surface area contributed by atoms with E-state index < -0.39 is 17.7 Å². The van der Waals surface area contributed by atoms with Crippen molar-refractivity contribution in [3.8, 4) is 5.75 Å². The summed E-state index contributed by atoms with van der Waals surface area (Å²) in [6.07, 6.45) is 3.84. The van der Waals surface area contributed by atoms with Gasteiger partial charge in [0.15, 0.2) is 5.75 Å². The van der Waals surface area contributed by atoms with Crippen molar-refractivity contribution in [1.29, 1.82) is 0 Å². The molecule has 1 N–H and O–H groups in total. The number of esters is 1. The van der Waals surface area contributed by atoms with Crippen LogP contribution in [-0.4, -0.2) is 67.4 Å². The van der Waals surface area contributed by atoms with Gasteiger partial charge in [0.05, 0.1) is 24.0 Å². The molecule has 1 saturated carbocycles. The van der Waals surface area contributed by atoms with E-state index in [2.05, 4.69) is 10.2 Å². The van der Waals surface area contributed by atoms with Crippen LogP contribution in [-0.2, 0) is 19.1 Å². The van der Waals surface area contributed by atoms with E-state index in [1.54, 1.807) is 57.9 Å². The smallest absolute Gasteiger partial charge is 0.412 e. The van der Waals surface area contributed by atoms with Gasteiger partial charge in [-0.2, -0.15) is 0 Å². The maximum atomic E-state index is 13.2. The summed E-state index contributed by atoms with van der Waals surface area (Å²) in [5, 5.41) is 2.66. The van der Waals surface area contributed by atoms with Gasteiger partial charge in [-0.05, 0) is 58.6 Å². The molecule has 2 fully saturated rings. The molecule has 0 unspecified atom stereocenters. The van der Waals surface area contributed by atoms with Gasteiger partial charge in [0.25, 0.3) is 0 Å².